The second-order valence-electron chi connectivity index (χ2n) is 4.85. The van der Waals surface area contributed by atoms with E-state index in [9.17, 15) is 0 Å². The monoisotopic (exact) mass is 218 g/mol. The second-order valence-corrected chi connectivity index (χ2v) is 4.85. The van der Waals surface area contributed by atoms with Gasteiger partial charge in [-0.15, -0.1) is 0 Å². The van der Waals surface area contributed by atoms with Crippen molar-refractivity contribution in [2.75, 3.05) is 0 Å². The second kappa shape index (κ2) is 5.44. The molecule has 1 N–H and O–H groups in total. The summed E-state index contributed by atoms with van der Waals surface area (Å²) >= 11 is 0. The van der Waals surface area contributed by atoms with Gasteiger partial charge >= 0.3 is 0 Å². The summed E-state index contributed by atoms with van der Waals surface area (Å²) in [5, 5.41) is 3.71. The number of aryl methyl sites for hydroxylation is 1. The van der Waals surface area contributed by atoms with Crippen molar-refractivity contribution in [3.63, 3.8) is 0 Å². The Hall–Kier alpha value is -0.890. The molecule has 1 aliphatic rings. The van der Waals surface area contributed by atoms with Gasteiger partial charge in [0.25, 0.3) is 0 Å². The minimum Gasteiger partial charge on any atom is -0.306 e. The Balaban J connectivity index is 1.92. The summed E-state index contributed by atoms with van der Waals surface area (Å²) in [5.74, 6) is 0. The Labute approximate surface area is 98.5 Å². The molecule has 2 heteroatoms. The lowest BCUT2D eigenvalue weighted by Crippen LogP contribution is -2.29. The van der Waals surface area contributed by atoms with E-state index in [4.69, 9.17) is 0 Å². The molecule has 0 aliphatic heterocycles. The van der Waals surface area contributed by atoms with Crippen molar-refractivity contribution in [1.82, 2.24) is 10.3 Å². The van der Waals surface area contributed by atoms with E-state index in [0.29, 0.717) is 12.1 Å². The molecule has 88 valence electrons. The van der Waals surface area contributed by atoms with Crippen LogP contribution in [0.25, 0.3) is 0 Å². The Kier molecular flexibility index (Phi) is 3.94. The van der Waals surface area contributed by atoms with Crippen LogP contribution in [0.15, 0.2) is 18.3 Å². The van der Waals surface area contributed by atoms with Gasteiger partial charge in [-0.05, 0) is 37.8 Å². The van der Waals surface area contributed by atoms with Crippen molar-refractivity contribution in [2.45, 2.75) is 58.0 Å². The standard InChI is InChI=1S/C14H22N2/c1-3-4-6-11(2)16-13-9-8-12-7-5-10-15-14(12)13/h5,7,10-11,13,16H,3-4,6,8-9H2,1-2H3. The van der Waals surface area contributed by atoms with E-state index >= 15 is 0 Å². The number of aromatic nitrogens is 1. The minimum atomic E-state index is 0.489. The van der Waals surface area contributed by atoms with Gasteiger partial charge in [-0.25, -0.2) is 0 Å². The Bertz CT molecular complexity index is 335. The van der Waals surface area contributed by atoms with Crippen molar-refractivity contribution >= 4 is 0 Å². The van der Waals surface area contributed by atoms with Crippen LogP contribution in [0.4, 0.5) is 0 Å². The van der Waals surface area contributed by atoms with Crippen LogP contribution in [0.5, 0.6) is 0 Å². The summed E-state index contributed by atoms with van der Waals surface area (Å²) < 4.78 is 0. The van der Waals surface area contributed by atoms with Crippen LogP contribution in [0.3, 0.4) is 0 Å². The third-order valence-corrected chi connectivity index (χ3v) is 3.43. The molecule has 2 atom stereocenters. The van der Waals surface area contributed by atoms with Crippen molar-refractivity contribution in [2.24, 2.45) is 0 Å². The predicted octanol–water partition coefficient (Wildman–Crippen LogP) is 3.24. The zero-order chi connectivity index (χ0) is 11.4. The van der Waals surface area contributed by atoms with Crippen molar-refractivity contribution in [1.29, 1.82) is 0 Å². The normalized spacial score (nSPS) is 20.8. The maximum Gasteiger partial charge on any atom is 0.0605 e. The van der Waals surface area contributed by atoms with E-state index in [0.717, 1.165) is 0 Å². The van der Waals surface area contributed by atoms with Gasteiger partial charge in [0.15, 0.2) is 0 Å². The molecule has 2 nitrogen and oxygen atoms in total. The summed E-state index contributed by atoms with van der Waals surface area (Å²) in [6, 6.07) is 5.35. The molecule has 16 heavy (non-hydrogen) atoms. The van der Waals surface area contributed by atoms with Crippen molar-refractivity contribution < 1.29 is 0 Å². The number of pyridine rings is 1. The van der Waals surface area contributed by atoms with Crippen molar-refractivity contribution in [3.05, 3.63) is 29.6 Å². The summed E-state index contributed by atoms with van der Waals surface area (Å²) in [7, 11) is 0. The van der Waals surface area contributed by atoms with Gasteiger partial charge in [0, 0.05) is 12.2 Å². The number of nitrogens with one attached hydrogen (secondary N) is 1. The van der Waals surface area contributed by atoms with Gasteiger partial charge in [-0.3, -0.25) is 4.98 Å². The van der Waals surface area contributed by atoms with Gasteiger partial charge in [-0.2, -0.15) is 0 Å². The van der Waals surface area contributed by atoms with Crippen LogP contribution >= 0.6 is 0 Å². The van der Waals surface area contributed by atoms with E-state index in [-0.39, 0.29) is 0 Å². The van der Waals surface area contributed by atoms with Gasteiger partial charge in [0.2, 0.25) is 0 Å². The first-order chi connectivity index (χ1) is 7.81. The molecule has 1 aromatic heterocycles. The maximum atomic E-state index is 4.51. The molecule has 0 radical (unpaired) electrons. The molecular formula is C14H22N2. The molecule has 0 saturated carbocycles. The zero-order valence-electron chi connectivity index (χ0n) is 10.4. The topological polar surface area (TPSA) is 24.9 Å². The summed E-state index contributed by atoms with van der Waals surface area (Å²) in [6.07, 6.45) is 8.18. The smallest absolute Gasteiger partial charge is 0.0605 e. The van der Waals surface area contributed by atoms with Crippen LogP contribution in [0, 0.1) is 0 Å². The highest BCUT2D eigenvalue weighted by Gasteiger charge is 2.24. The van der Waals surface area contributed by atoms with E-state index in [1.54, 1.807) is 0 Å². The van der Waals surface area contributed by atoms with Crippen LogP contribution in [0.2, 0.25) is 0 Å². The van der Waals surface area contributed by atoms with Crippen LogP contribution in [0.1, 0.15) is 56.8 Å². The van der Waals surface area contributed by atoms with E-state index in [1.165, 1.54) is 43.4 Å². The third-order valence-electron chi connectivity index (χ3n) is 3.43. The molecule has 1 aromatic rings. The summed E-state index contributed by atoms with van der Waals surface area (Å²) in [5.41, 5.74) is 2.72. The van der Waals surface area contributed by atoms with E-state index < -0.39 is 0 Å². The molecule has 1 heterocycles. The average Bonchev–Trinajstić information content (AvgIpc) is 2.70. The molecule has 2 rings (SSSR count). The fraction of sp³-hybridized carbons (Fsp3) is 0.643. The lowest BCUT2D eigenvalue weighted by molar-refractivity contribution is 0.420. The highest BCUT2D eigenvalue weighted by atomic mass is 15.0. The van der Waals surface area contributed by atoms with E-state index in [1.807, 2.05) is 12.3 Å². The minimum absolute atomic E-state index is 0.489. The lowest BCUT2D eigenvalue weighted by Gasteiger charge is -2.19. The largest absolute Gasteiger partial charge is 0.306 e. The highest BCUT2D eigenvalue weighted by Crippen LogP contribution is 2.29. The number of fused-ring (bicyclic) bond motifs is 1. The van der Waals surface area contributed by atoms with Gasteiger partial charge < -0.3 is 5.32 Å². The average molecular weight is 218 g/mol. The molecule has 0 saturated heterocycles. The first-order valence-electron chi connectivity index (χ1n) is 6.51. The predicted molar refractivity (Wildman–Crippen MR) is 67.4 cm³/mol. The lowest BCUT2D eigenvalue weighted by atomic mass is 10.1. The first kappa shape index (κ1) is 11.6. The highest BCUT2D eigenvalue weighted by molar-refractivity contribution is 5.27. The Morgan fingerprint density at radius 2 is 2.44 bits per heavy atom. The summed E-state index contributed by atoms with van der Waals surface area (Å²) in [4.78, 5) is 4.51. The molecular weight excluding hydrogens is 196 g/mol. The molecule has 0 fully saturated rings. The van der Waals surface area contributed by atoms with Crippen LogP contribution in [-0.4, -0.2) is 11.0 Å². The fourth-order valence-electron chi connectivity index (χ4n) is 2.51. The SMILES string of the molecule is CCCCC(C)NC1CCc2cccnc21. The van der Waals surface area contributed by atoms with Gasteiger partial charge in [0.05, 0.1) is 11.7 Å². The van der Waals surface area contributed by atoms with E-state index in [2.05, 4.69) is 30.2 Å². The molecule has 0 aromatic carbocycles. The maximum absolute atomic E-state index is 4.51. The number of rotatable bonds is 5. The molecule has 2 unspecified atom stereocenters. The molecule has 0 spiro atoms. The van der Waals surface area contributed by atoms with Crippen molar-refractivity contribution in [3.8, 4) is 0 Å². The number of nitrogens with zero attached hydrogens (tertiary/aromatic N) is 1. The number of unbranched alkanes of at least 4 members (excludes halogenated alkanes) is 1. The first-order valence-corrected chi connectivity index (χ1v) is 6.51. The molecule has 1 aliphatic carbocycles. The van der Waals surface area contributed by atoms with Gasteiger partial charge in [0.1, 0.15) is 0 Å². The zero-order valence-corrected chi connectivity index (χ0v) is 10.4. The number of hydrogen-bond acceptors (Lipinski definition) is 2. The fourth-order valence-corrected chi connectivity index (χ4v) is 2.51. The summed E-state index contributed by atoms with van der Waals surface area (Å²) in [6.45, 7) is 4.54. The Morgan fingerprint density at radius 3 is 3.25 bits per heavy atom. The third kappa shape index (κ3) is 2.62. The molecule has 0 bridgehead atoms. The Morgan fingerprint density at radius 1 is 1.56 bits per heavy atom. The van der Waals surface area contributed by atoms with Crippen LogP contribution in [-0.2, 0) is 6.42 Å². The quantitative estimate of drug-likeness (QED) is 0.820. The van der Waals surface area contributed by atoms with Gasteiger partial charge in [-0.1, -0.05) is 25.8 Å². The number of hydrogen-bond donors (Lipinski definition) is 1. The van der Waals surface area contributed by atoms with Crippen LogP contribution < -0.4 is 5.32 Å². The molecule has 0 amide bonds.